The van der Waals surface area contributed by atoms with E-state index in [0.29, 0.717) is 34.3 Å². The molecule has 1 aliphatic heterocycles. The fourth-order valence-electron chi connectivity index (χ4n) is 3.46. The predicted octanol–water partition coefficient (Wildman–Crippen LogP) is 3.46. The van der Waals surface area contributed by atoms with E-state index >= 15 is 0 Å². The van der Waals surface area contributed by atoms with Gasteiger partial charge in [0.25, 0.3) is 5.56 Å². The van der Waals surface area contributed by atoms with Crippen LogP contribution in [0.15, 0.2) is 41.3 Å². The van der Waals surface area contributed by atoms with Crippen LogP contribution in [0.1, 0.15) is 12.8 Å². The Labute approximate surface area is 179 Å². The van der Waals surface area contributed by atoms with Gasteiger partial charge in [-0.05, 0) is 25.0 Å². The Balaban J connectivity index is 0.00000240. The zero-order chi connectivity index (χ0) is 19.5. The monoisotopic (exact) mass is 430 g/mol. The van der Waals surface area contributed by atoms with E-state index < -0.39 is 0 Å². The fraction of sp³-hybridized carbons (Fsp3) is 0.300. The van der Waals surface area contributed by atoms with Crippen LogP contribution in [0.2, 0.25) is 5.02 Å². The molecule has 1 aromatic carbocycles. The molecule has 0 aliphatic carbocycles. The molecule has 1 fully saturated rings. The summed E-state index contributed by atoms with van der Waals surface area (Å²) in [5.41, 5.74) is 1.42. The Morgan fingerprint density at radius 2 is 2.03 bits per heavy atom. The van der Waals surface area contributed by atoms with Gasteiger partial charge in [0.1, 0.15) is 5.65 Å². The molecule has 9 heteroatoms. The van der Waals surface area contributed by atoms with Gasteiger partial charge < -0.3 is 10.3 Å². The lowest BCUT2D eigenvalue weighted by atomic mass is 10.1. The van der Waals surface area contributed by atoms with Crippen molar-refractivity contribution in [1.29, 1.82) is 5.26 Å². The first kappa shape index (κ1) is 21.1. The van der Waals surface area contributed by atoms with Crippen molar-refractivity contribution < 1.29 is 0 Å². The average molecular weight is 431 g/mol. The van der Waals surface area contributed by atoms with Crippen LogP contribution in [0.4, 0.5) is 5.95 Å². The third kappa shape index (κ3) is 4.67. The van der Waals surface area contributed by atoms with E-state index in [4.69, 9.17) is 16.9 Å². The van der Waals surface area contributed by atoms with Crippen molar-refractivity contribution in [1.82, 2.24) is 19.9 Å². The van der Waals surface area contributed by atoms with Crippen LogP contribution in [-0.2, 0) is 0 Å². The van der Waals surface area contributed by atoms with Crippen molar-refractivity contribution in [3.8, 4) is 17.2 Å². The molecule has 29 heavy (non-hydrogen) atoms. The largest absolute Gasteiger partial charge is 0.351 e. The van der Waals surface area contributed by atoms with Crippen molar-refractivity contribution >= 4 is 41.0 Å². The van der Waals surface area contributed by atoms with Crippen LogP contribution in [-0.4, -0.2) is 45.5 Å². The van der Waals surface area contributed by atoms with Crippen LogP contribution in [0, 0.1) is 11.3 Å². The van der Waals surface area contributed by atoms with E-state index in [0.717, 1.165) is 31.3 Å². The van der Waals surface area contributed by atoms with E-state index in [1.54, 1.807) is 18.3 Å². The average Bonchev–Trinajstić information content (AvgIpc) is 2.70. The number of hydrogen-bond donors (Lipinski definition) is 2. The van der Waals surface area contributed by atoms with Gasteiger partial charge in [-0.25, -0.2) is 4.98 Å². The topological polar surface area (TPSA) is 97.7 Å². The number of anilines is 1. The summed E-state index contributed by atoms with van der Waals surface area (Å²) >= 11 is 6.23. The summed E-state index contributed by atoms with van der Waals surface area (Å²) in [6.45, 7) is 2.21. The fourth-order valence-corrected chi connectivity index (χ4v) is 3.70. The minimum absolute atomic E-state index is 0. The number of piperidine rings is 1. The lowest BCUT2D eigenvalue weighted by molar-refractivity contribution is 0.242. The number of likely N-dealkylation sites (tertiary alicyclic amines) is 1. The molecule has 7 nitrogen and oxygen atoms in total. The maximum Gasteiger partial charge on any atom is 0.257 e. The molecule has 0 spiro atoms. The number of halogens is 2. The molecule has 2 N–H and O–H groups in total. The molecule has 0 unspecified atom stereocenters. The van der Waals surface area contributed by atoms with Crippen molar-refractivity contribution in [3.63, 3.8) is 0 Å². The number of pyridine rings is 1. The highest BCUT2D eigenvalue weighted by atomic mass is 35.5. The summed E-state index contributed by atoms with van der Waals surface area (Å²) in [6.07, 6.45) is 3.54. The summed E-state index contributed by atoms with van der Waals surface area (Å²) in [7, 11) is 0. The second-order valence-corrected chi connectivity index (χ2v) is 7.25. The van der Waals surface area contributed by atoms with Gasteiger partial charge in [-0.3, -0.25) is 9.69 Å². The van der Waals surface area contributed by atoms with E-state index in [2.05, 4.69) is 31.2 Å². The second-order valence-electron chi connectivity index (χ2n) is 6.84. The molecule has 3 heterocycles. The third-order valence-electron chi connectivity index (χ3n) is 4.97. The molecule has 3 aromatic rings. The van der Waals surface area contributed by atoms with Gasteiger partial charge in [0.15, 0.2) is 0 Å². The Morgan fingerprint density at radius 1 is 1.28 bits per heavy atom. The molecule has 0 bridgehead atoms. The van der Waals surface area contributed by atoms with Crippen LogP contribution >= 0.6 is 24.0 Å². The van der Waals surface area contributed by atoms with E-state index in [1.807, 2.05) is 18.2 Å². The van der Waals surface area contributed by atoms with Gasteiger partial charge in [0.05, 0.1) is 12.6 Å². The first-order chi connectivity index (χ1) is 13.6. The normalized spacial score (nSPS) is 14.9. The number of aromatic amines is 1. The second kappa shape index (κ2) is 9.23. The zero-order valence-corrected chi connectivity index (χ0v) is 17.1. The number of nitriles is 1. The van der Waals surface area contributed by atoms with Gasteiger partial charge in [0, 0.05) is 46.9 Å². The van der Waals surface area contributed by atoms with Crippen LogP contribution in [0.3, 0.4) is 0 Å². The Hall–Kier alpha value is -2.66. The van der Waals surface area contributed by atoms with Crippen LogP contribution in [0.25, 0.3) is 22.2 Å². The molecule has 0 atom stereocenters. The maximum absolute atomic E-state index is 12.6. The first-order valence-electron chi connectivity index (χ1n) is 9.15. The molecule has 150 valence electrons. The number of hydrogen-bond acceptors (Lipinski definition) is 6. The maximum atomic E-state index is 12.6. The number of benzene rings is 1. The molecule has 1 saturated heterocycles. The van der Waals surface area contributed by atoms with Crippen molar-refractivity contribution in [3.05, 3.63) is 51.9 Å². The standard InChI is InChI=1S/C20H19ClN6O.ClH/c21-17-4-2-1-3-15(17)16-11-13-12-23-20(26-18(13)25-19(16)28)24-14-5-8-27(9-6-14)10-7-22;/h1-4,11-12,14H,5-6,8-10H2,(H2,23,24,25,26,28);1H. The number of fused-ring (bicyclic) bond motifs is 1. The molecule has 0 amide bonds. The molecular formula is C20H20Cl2N6O. The lowest BCUT2D eigenvalue weighted by Crippen LogP contribution is -2.39. The van der Waals surface area contributed by atoms with Crippen molar-refractivity contribution in [2.24, 2.45) is 0 Å². The SMILES string of the molecule is Cl.N#CCN1CCC(Nc2ncc3cc(-c4ccccc4Cl)c(=O)[nH]c3n2)CC1. The van der Waals surface area contributed by atoms with E-state index in [-0.39, 0.29) is 24.0 Å². The van der Waals surface area contributed by atoms with Crippen molar-refractivity contribution in [2.75, 3.05) is 25.0 Å². The van der Waals surface area contributed by atoms with Gasteiger partial charge in [0.2, 0.25) is 5.95 Å². The Kier molecular flexibility index (Phi) is 6.70. The summed E-state index contributed by atoms with van der Waals surface area (Å²) in [5, 5.41) is 13.4. The number of H-pyrrole nitrogens is 1. The molecule has 0 radical (unpaired) electrons. The third-order valence-corrected chi connectivity index (χ3v) is 5.30. The van der Waals surface area contributed by atoms with Gasteiger partial charge in [-0.2, -0.15) is 10.2 Å². The molecule has 1 aliphatic rings. The summed E-state index contributed by atoms with van der Waals surface area (Å²) in [6, 6.07) is 11.4. The zero-order valence-electron chi connectivity index (χ0n) is 15.6. The van der Waals surface area contributed by atoms with Gasteiger partial charge in [-0.15, -0.1) is 12.4 Å². The first-order valence-corrected chi connectivity index (χ1v) is 9.52. The van der Waals surface area contributed by atoms with E-state index in [9.17, 15) is 4.79 Å². The van der Waals surface area contributed by atoms with Crippen LogP contribution in [0.5, 0.6) is 0 Å². The van der Waals surface area contributed by atoms with Gasteiger partial charge >= 0.3 is 0 Å². The van der Waals surface area contributed by atoms with E-state index in [1.165, 1.54) is 0 Å². The number of nitrogens with zero attached hydrogens (tertiary/aromatic N) is 4. The smallest absolute Gasteiger partial charge is 0.257 e. The molecule has 2 aromatic heterocycles. The summed E-state index contributed by atoms with van der Waals surface area (Å²) in [4.78, 5) is 26.4. The Morgan fingerprint density at radius 3 is 2.76 bits per heavy atom. The quantitative estimate of drug-likeness (QED) is 0.614. The highest BCUT2D eigenvalue weighted by Gasteiger charge is 2.19. The highest BCUT2D eigenvalue weighted by Crippen LogP contribution is 2.26. The van der Waals surface area contributed by atoms with Crippen LogP contribution < -0.4 is 10.9 Å². The molecule has 0 saturated carbocycles. The van der Waals surface area contributed by atoms with Crippen molar-refractivity contribution in [2.45, 2.75) is 18.9 Å². The number of rotatable bonds is 4. The van der Waals surface area contributed by atoms with Gasteiger partial charge in [-0.1, -0.05) is 29.8 Å². The minimum Gasteiger partial charge on any atom is -0.351 e. The summed E-state index contributed by atoms with van der Waals surface area (Å²) < 4.78 is 0. The summed E-state index contributed by atoms with van der Waals surface area (Å²) in [5.74, 6) is 0.493. The Bertz CT molecular complexity index is 1100. The highest BCUT2D eigenvalue weighted by molar-refractivity contribution is 6.33. The lowest BCUT2D eigenvalue weighted by Gasteiger charge is -2.30. The number of nitrogens with one attached hydrogen (secondary N) is 2. The predicted molar refractivity (Wildman–Crippen MR) is 117 cm³/mol. The minimum atomic E-state index is -0.241. The molecular weight excluding hydrogens is 411 g/mol. The number of aromatic nitrogens is 3. The molecule has 4 rings (SSSR count).